The number of nitrogens with one attached hydrogen (secondary N) is 2. The van der Waals surface area contributed by atoms with Gasteiger partial charge in [0.1, 0.15) is 34.4 Å². The Bertz CT molecular complexity index is 1090. The lowest BCUT2D eigenvalue weighted by atomic mass is 10.0. The molecule has 0 aliphatic carbocycles. The van der Waals surface area contributed by atoms with Gasteiger partial charge in [-0.25, -0.2) is 13.6 Å². The molecule has 0 saturated heterocycles. The highest BCUT2D eigenvalue weighted by Gasteiger charge is 2.32. The second-order valence-electron chi connectivity index (χ2n) is 8.80. The number of carbonyl (C=O) groups is 3. The van der Waals surface area contributed by atoms with Crippen LogP contribution in [0.2, 0.25) is 0 Å². The molecule has 2 N–H and O–H groups in total. The summed E-state index contributed by atoms with van der Waals surface area (Å²) >= 11 is 0.945. The first-order valence-corrected chi connectivity index (χ1v) is 11.4. The maximum atomic E-state index is 14.4. The molecule has 2 amide bonds. The van der Waals surface area contributed by atoms with Crippen molar-refractivity contribution >= 4 is 34.1 Å². The van der Waals surface area contributed by atoms with Gasteiger partial charge in [-0.15, -0.1) is 0 Å². The first kappa shape index (κ1) is 25.6. The molecule has 34 heavy (non-hydrogen) atoms. The van der Waals surface area contributed by atoms with Crippen molar-refractivity contribution in [1.29, 1.82) is 0 Å². The second-order valence-corrected chi connectivity index (χ2v) is 9.78. The van der Waals surface area contributed by atoms with E-state index in [4.69, 9.17) is 14.2 Å². The highest BCUT2D eigenvalue weighted by atomic mass is 32.1. The maximum absolute atomic E-state index is 14.4. The zero-order chi connectivity index (χ0) is 25.2. The Labute approximate surface area is 199 Å². The summed E-state index contributed by atoms with van der Waals surface area (Å²) < 4.78 is 45.3. The molecule has 11 heteroatoms. The van der Waals surface area contributed by atoms with Crippen LogP contribution in [-0.2, 0) is 20.9 Å². The Kier molecular flexibility index (Phi) is 7.57. The highest BCUT2D eigenvalue weighted by molar-refractivity contribution is 7.18. The molecule has 3 rings (SSSR count). The van der Waals surface area contributed by atoms with Gasteiger partial charge in [-0.3, -0.25) is 9.59 Å². The topological polar surface area (TPSA) is 103 Å². The van der Waals surface area contributed by atoms with E-state index in [0.717, 1.165) is 29.5 Å². The van der Waals surface area contributed by atoms with E-state index in [-0.39, 0.29) is 35.4 Å². The van der Waals surface area contributed by atoms with Gasteiger partial charge >= 0.3 is 6.09 Å². The minimum atomic E-state index is -1.04. The van der Waals surface area contributed by atoms with Crippen LogP contribution in [0.25, 0.3) is 0 Å². The number of ether oxygens (including phenoxy) is 3. The van der Waals surface area contributed by atoms with Gasteiger partial charge in [-0.1, -0.05) is 17.4 Å². The molecule has 2 atom stereocenters. The Morgan fingerprint density at radius 2 is 1.82 bits per heavy atom. The fraction of sp³-hybridized carbons (Fsp3) is 0.435. The van der Waals surface area contributed by atoms with Gasteiger partial charge in [0.25, 0.3) is 0 Å². The summed E-state index contributed by atoms with van der Waals surface area (Å²) in [5, 5.41) is 5.30. The highest BCUT2D eigenvalue weighted by Crippen LogP contribution is 2.43. The standard InChI is InChI=1S/C23H26F2N2O6S/c1-11-9-31-10-13-16(18(28)17-14(24)7-6-8-15(17)25)20(34-21(13)32-11)27-19(29)12(2)26-22(30)33-23(3,4)5/h6-8,11-12H,9-10H2,1-5H3,(H,26,30)(H,27,29)/t11-,12-/m0/s1. The molecule has 1 aromatic heterocycles. The first-order chi connectivity index (χ1) is 15.9. The van der Waals surface area contributed by atoms with E-state index in [1.807, 2.05) is 0 Å². The van der Waals surface area contributed by atoms with Crippen molar-refractivity contribution in [3.8, 4) is 5.06 Å². The summed E-state index contributed by atoms with van der Waals surface area (Å²) in [5.74, 6) is -3.70. The molecule has 2 heterocycles. The van der Waals surface area contributed by atoms with E-state index in [9.17, 15) is 23.2 Å². The third-order valence-corrected chi connectivity index (χ3v) is 5.70. The molecule has 8 nitrogen and oxygen atoms in total. The van der Waals surface area contributed by atoms with Crippen molar-refractivity contribution in [3.63, 3.8) is 0 Å². The summed E-state index contributed by atoms with van der Waals surface area (Å²) in [6.07, 6.45) is -1.14. The summed E-state index contributed by atoms with van der Waals surface area (Å²) in [6.45, 7) is 8.43. The van der Waals surface area contributed by atoms with E-state index in [1.54, 1.807) is 27.7 Å². The van der Waals surface area contributed by atoms with Crippen LogP contribution in [0.15, 0.2) is 18.2 Å². The van der Waals surface area contributed by atoms with Crippen LogP contribution in [-0.4, -0.2) is 42.1 Å². The molecule has 0 unspecified atom stereocenters. The monoisotopic (exact) mass is 496 g/mol. The van der Waals surface area contributed by atoms with E-state index in [1.165, 1.54) is 6.92 Å². The molecule has 0 fully saturated rings. The second kappa shape index (κ2) is 10.1. The quantitative estimate of drug-likeness (QED) is 0.595. The van der Waals surface area contributed by atoms with E-state index in [0.29, 0.717) is 5.06 Å². The number of hydrogen-bond acceptors (Lipinski definition) is 7. The molecule has 0 radical (unpaired) electrons. The minimum absolute atomic E-state index is 0.0261. The number of benzene rings is 1. The van der Waals surface area contributed by atoms with Crippen LogP contribution >= 0.6 is 11.3 Å². The van der Waals surface area contributed by atoms with Gasteiger partial charge in [0.05, 0.1) is 24.3 Å². The van der Waals surface area contributed by atoms with Crippen molar-refractivity contribution in [3.05, 3.63) is 46.5 Å². The van der Waals surface area contributed by atoms with Crippen LogP contribution in [0.3, 0.4) is 0 Å². The summed E-state index contributed by atoms with van der Waals surface area (Å²) in [5.41, 5.74) is -1.36. The summed E-state index contributed by atoms with van der Waals surface area (Å²) in [7, 11) is 0. The van der Waals surface area contributed by atoms with E-state index >= 15 is 0 Å². The van der Waals surface area contributed by atoms with E-state index < -0.39 is 46.6 Å². The normalized spacial score (nSPS) is 16.5. The molecule has 0 spiro atoms. The molecule has 1 aromatic carbocycles. The van der Waals surface area contributed by atoms with Crippen LogP contribution in [0.1, 0.15) is 56.1 Å². The Hall–Kier alpha value is -3.05. The molecule has 0 saturated carbocycles. The fourth-order valence-corrected chi connectivity index (χ4v) is 4.30. The number of anilines is 1. The Balaban J connectivity index is 1.94. The molecular weight excluding hydrogens is 470 g/mol. The number of ketones is 1. The van der Waals surface area contributed by atoms with Gasteiger partial charge in [0.2, 0.25) is 11.7 Å². The van der Waals surface area contributed by atoms with Crippen molar-refractivity contribution in [2.24, 2.45) is 0 Å². The molecule has 1 aliphatic rings. The Morgan fingerprint density at radius 1 is 1.18 bits per heavy atom. The minimum Gasteiger partial charge on any atom is -0.478 e. The van der Waals surface area contributed by atoms with Crippen LogP contribution in [0.4, 0.5) is 18.6 Å². The van der Waals surface area contributed by atoms with Crippen LogP contribution in [0.5, 0.6) is 5.06 Å². The Morgan fingerprint density at radius 3 is 2.44 bits per heavy atom. The van der Waals surface area contributed by atoms with Gasteiger partial charge in [0, 0.05) is 5.56 Å². The number of amides is 2. The zero-order valence-electron chi connectivity index (χ0n) is 19.4. The number of rotatable bonds is 5. The largest absolute Gasteiger partial charge is 0.478 e. The molecule has 1 aliphatic heterocycles. The summed E-state index contributed by atoms with van der Waals surface area (Å²) in [4.78, 5) is 38.1. The number of alkyl carbamates (subject to hydrolysis) is 1. The van der Waals surface area contributed by atoms with E-state index in [2.05, 4.69) is 10.6 Å². The van der Waals surface area contributed by atoms with Crippen molar-refractivity contribution in [2.45, 2.75) is 59.0 Å². The lowest BCUT2D eigenvalue weighted by molar-refractivity contribution is -0.117. The maximum Gasteiger partial charge on any atom is 0.408 e. The average molecular weight is 497 g/mol. The predicted octanol–water partition coefficient (Wildman–Crippen LogP) is 4.41. The predicted molar refractivity (Wildman–Crippen MR) is 121 cm³/mol. The number of fused-ring (bicyclic) bond motifs is 1. The lowest BCUT2D eigenvalue weighted by Crippen LogP contribution is -2.44. The summed E-state index contributed by atoms with van der Waals surface area (Å²) in [6, 6.07) is 2.06. The average Bonchev–Trinajstić information content (AvgIpc) is 2.91. The third-order valence-electron chi connectivity index (χ3n) is 4.66. The number of thiophene rings is 1. The molecular formula is C23H26F2N2O6S. The third kappa shape index (κ3) is 5.89. The van der Waals surface area contributed by atoms with Crippen molar-refractivity contribution in [2.75, 3.05) is 11.9 Å². The van der Waals surface area contributed by atoms with Gasteiger partial charge in [-0.2, -0.15) is 0 Å². The number of halogens is 2. The number of hydrogen-bond donors (Lipinski definition) is 2. The van der Waals surface area contributed by atoms with Crippen LogP contribution in [0, 0.1) is 11.6 Å². The SMILES string of the molecule is C[C@H](NC(=O)OC(C)(C)C)C(=O)Nc1sc2c(c1C(=O)c1c(F)cccc1F)COC[C@H](C)O2. The number of carbonyl (C=O) groups excluding carboxylic acids is 3. The van der Waals surface area contributed by atoms with Crippen LogP contribution < -0.4 is 15.4 Å². The smallest absolute Gasteiger partial charge is 0.408 e. The molecule has 2 aromatic rings. The first-order valence-electron chi connectivity index (χ1n) is 10.6. The van der Waals surface area contributed by atoms with Gasteiger partial charge < -0.3 is 24.8 Å². The molecule has 0 bridgehead atoms. The van der Waals surface area contributed by atoms with Crippen molar-refractivity contribution < 1.29 is 37.4 Å². The molecule has 184 valence electrons. The fourth-order valence-electron chi connectivity index (χ4n) is 3.15. The van der Waals surface area contributed by atoms with Gasteiger partial charge in [-0.05, 0) is 46.8 Å². The zero-order valence-corrected chi connectivity index (χ0v) is 20.2. The lowest BCUT2D eigenvalue weighted by Gasteiger charge is -2.21. The van der Waals surface area contributed by atoms with Crippen molar-refractivity contribution in [1.82, 2.24) is 5.32 Å². The van der Waals surface area contributed by atoms with Gasteiger partial charge in [0.15, 0.2) is 5.06 Å².